The molecule has 0 radical (unpaired) electrons. The molecule has 2 aromatic carbocycles. The van der Waals surface area contributed by atoms with Crippen LogP contribution in [0.5, 0.6) is 11.5 Å². The minimum absolute atomic E-state index is 0.337. The van der Waals surface area contributed by atoms with E-state index < -0.39 is 10.0 Å². The molecule has 0 saturated carbocycles. The summed E-state index contributed by atoms with van der Waals surface area (Å²) in [5.41, 5.74) is 2.80. The lowest BCUT2D eigenvalue weighted by Gasteiger charge is -2.13. The van der Waals surface area contributed by atoms with Gasteiger partial charge >= 0.3 is 0 Å². The normalized spacial score (nSPS) is 11.3. The molecule has 0 aliphatic heterocycles. The maximum atomic E-state index is 11.8. The van der Waals surface area contributed by atoms with Gasteiger partial charge in [-0.3, -0.25) is 9.82 Å². The van der Waals surface area contributed by atoms with Crippen LogP contribution in [0.4, 0.5) is 17.2 Å². The Morgan fingerprint density at radius 3 is 2.52 bits per heavy atom. The SMILES string of the molecule is COc1ccc(Nc2nc(-c3ccccc3NS(C)(=O)=O)nc3cn[nH]c23)cc1OC. The van der Waals surface area contributed by atoms with Gasteiger partial charge in [0.2, 0.25) is 10.0 Å². The molecule has 0 atom stereocenters. The highest BCUT2D eigenvalue weighted by molar-refractivity contribution is 7.92. The Morgan fingerprint density at radius 1 is 1.00 bits per heavy atom. The van der Waals surface area contributed by atoms with Crippen LogP contribution < -0.4 is 19.5 Å². The van der Waals surface area contributed by atoms with E-state index in [9.17, 15) is 8.42 Å². The second kappa shape index (κ2) is 8.11. The molecule has 0 spiro atoms. The number of ether oxygens (including phenoxy) is 2. The zero-order chi connectivity index (χ0) is 22.0. The van der Waals surface area contributed by atoms with Gasteiger partial charge < -0.3 is 14.8 Å². The van der Waals surface area contributed by atoms with Crippen molar-refractivity contribution in [3.8, 4) is 22.9 Å². The number of aromatic amines is 1. The molecule has 160 valence electrons. The van der Waals surface area contributed by atoms with Crippen molar-refractivity contribution in [1.29, 1.82) is 0 Å². The van der Waals surface area contributed by atoms with Crippen LogP contribution in [-0.4, -0.2) is 49.1 Å². The molecule has 0 aliphatic carbocycles. The van der Waals surface area contributed by atoms with Crippen LogP contribution in [0.25, 0.3) is 22.4 Å². The lowest BCUT2D eigenvalue weighted by molar-refractivity contribution is 0.355. The first-order valence-corrected chi connectivity index (χ1v) is 11.0. The Hall–Kier alpha value is -3.86. The third-order valence-electron chi connectivity index (χ3n) is 4.41. The van der Waals surface area contributed by atoms with Gasteiger partial charge in [-0.2, -0.15) is 5.10 Å². The van der Waals surface area contributed by atoms with Crippen LogP contribution in [0.15, 0.2) is 48.7 Å². The standard InChI is InChI=1S/C20H20N6O4S/c1-29-16-9-8-12(10-17(16)30-2)22-20-18-15(11-21-25-18)23-19(24-20)13-6-4-5-7-14(13)26-31(3,27)28/h4-11,26H,1-3H3,(H,21,25)(H,22,23,24). The first-order chi connectivity index (χ1) is 14.9. The number of nitrogens with zero attached hydrogens (tertiary/aromatic N) is 3. The van der Waals surface area contributed by atoms with Crippen LogP contribution in [-0.2, 0) is 10.0 Å². The van der Waals surface area contributed by atoms with Gasteiger partial charge in [0.1, 0.15) is 11.0 Å². The number of rotatable bonds is 7. The van der Waals surface area contributed by atoms with E-state index in [1.165, 1.54) is 0 Å². The largest absolute Gasteiger partial charge is 0.493 e. The Bertz CT molecular complexity index is 1350. The predicted molar refractivity (Wildman–Crippen MR) is 118 cm³/mol. The molecule has 4 rings (SSSR count). The van der Waals surface area contributed by atoms with E-state index in [-0.39, 0.29) is 0 Å². The second-order valence-electron chi connectivity index (χ2n) is 6.64. The number of benzene rings is 2. The van der Waals surface area contributed by atoms with E-state index in [1.807, 2.05) is 6.07 Å². The minimum Gasteiger partial charge on any atom is -0.493 e. The quantitative estimate of drug-likeness (QED) is 0.399. The molecule has 31 heavy (non-hydrogen) atoms. The molecule has 0 fully saturated rings. The Kier molecular flexibility index (Phi) is 5.34. The van der Waals surface area contributed by atoms with Crippen molar-refractivity contribution < 1.29 is 17.9 Å². The molecule has 0 unspecified atom stereocenters. The highest BCUT2D eigenvalue weighted by Crippen LogP contribution is 2.33. The zero-order valence-corrected chi connectivity index (χ0v) is 17.8. The number of H-pyrrole nitrogens is 1. The maximum Gasteiger partial charge on any atom is 0.229 e. The first kappa shape index (κ1) is 20.4. The number of hydrogen-bond acceptors (Lipinski definition) is 8. The summed E-state index contributed by atoms with van der Waals surface area (Å²) in [6.07, 6.45) is 2.67. The highest BCUT2D eigenvalue weighted by Gasteiger charge is 2.16. The summed E-state index contributed by atoms with van der Waals surface area (Å²) in [7, 11) is -0.352. The van der Waals surface area contributed by atoms with E-state index in [1.54, 1.807) is 56.8 Å². The topological polar surface area (TPSA) is 131 Å². The molecular formula is C20H20N6O4S. The number of methoxy groups -OCH3 is 2. The molecule has 3 N–H and O–H groups in total. The molecule has 0 aliphatic rings. The molecule has 2 heterocycles. The van der Waals surface area contributed by atoms with Gasteiger partial charge in [-0.1, -0.05) is 12.1 Å². The van der Waals surface area contributed by atoms with Crippen LogP contribution >= 0.6 is 0 Å². The van der Waals surface area contributed by atoms with E-state index in [0.29, 0.717) is 51.1 Å². The Morgan fingerprint density at radius 2 is 1.77 bits per heavy atom. The van der Waals surface area contributed by atoms with Gasteiger partial charge in [0.15, 0.2) is 23.1 Å². The molecule has 0 saturated heterocycles. The van der Waals surface area contributed by atoms with Gasteiger partial charge in [-0.25, -0.2) is 18.4 Å². The highest BCUT2D eigenvalue weighted by atomic mass is 32.2. The smallest absolute Gasteiger partial charge is 0.229 e. The molecule has 0 amide bonds. The summed E-state index contributed by atoms with van der Waals surface area (Å²) in [4.78, 5) is 9.16. The summed E-state index contributed by atoms with van der Waals surface area (Å²) >= 11 is 0. The van der Waals surface area contributed by atoms with E-state index in [0.717, 1.165) is 6.26 Å². The molecular weight excluding hydrogens is 420 g/mol. The average Bonchev–Trinajstić information content (AvgIpc) is 3.22. The van der Waals surface area contributed by atoms with Gasteiger partial charge in [0.05, 0.1) is 32.4 Å². The van der Waals surface area contributed by atoms with Crippen LogP contribution in [0.1, 0.15) is 0 Å². The number of fused-ring (bicyclic) bond motifs is 1. The van der Waals surface area contributed by atoms with E-state index in [4.69, 9.17) is 9.47 Å². The third-order valence-corrected chi connectivity index (χ3v) is 5.00. The Balaban J connectivity index is 1.80. The molecule has 0 bridgehead atoms. The van der Waals surface area contributed by atoms with Crippen LogP contribution in [0.2, 0.25) is 0 Å². The number of para-hydroxylation sites is 1. The number of aromatic nitrogens is 4. The van der Waals surface area contributed by atoms with Gasteiger partial charge in [-0.15, -0.1) is 0 Å². The average molecular weight is 440 g/mol. The van der Waals surface area contributed by atoms with Crippen molar-refractivity contribution in [2.75, 3.05) is 30.5 Å². The van der Waals surface area contributed by atoms with Gasteiger partial charge in [0, 0.05) is 17.3 Å². The van der Waals surface area contributed by atoms with Crippen molar-refractivity contribution in [3.05, 3.63) is 48.7 Å². The Labute approximate surface area is 178 Å². The van der Waals surface area contributed by atoms with Crippen molar-refractivity contribution in [2.24, 2.45) is 0 Å². The molecule has 11 heteroatoms. The predicted octanol–water partition coefficient (Wildman–Crippen LogP) is 3.15. The lowest BCUT2D eigenvalue weighted by Crippen LogP contribution is -2.11. The summed E-state index contributed by atoms with van der Waals surface area (Å²) in [6.45, 7) is 0. The van der Waals surface area contributed by atoms with Crippen LogP contribution in [0.3, 0.4) is 0 Å². The molecule has 10 nitrogen and oxygen atoms in total. The summed E-state index contributed by atoms with van der Waals surface area (Å²) in [6, 6.07) is 12.3. The number of sulfonamides is 1. The van der Waals surface area contributed by atoms with Crippen molar-refractivity contribution >= 4 is 38.2 Å². The van der Waals surface area contributed by atoms with Gasteiger partial charge in [-0.05, 0) is 24.3 Å². The maximum absolute atomic E-state index is 11.8. The number of hydrogen-bond donors (Lipinski definition) is 3. The summed E-state index contributed by atoms with van der Waals surface area (Å²) in [5, 5.41) is 10.2. The fourth-order valence-corrected chi connectivity index (χ4v) is 3.65. The van der Waals surface area contributed by atoms with E-state index in [2.05, 4.69) is 30.2 Å². The minimum atomic E-state index is -3.48. The molecule has 4 aromatic rings. The molecule has 2 aromatic heterocycles. The number of anilines is 3. The van der Waals surface area contributed by atoms with Gasteiger partial charge in [0.25, 0.3) is 0 Å². The van der Waals surface area contributed by atoms with Crippen molar-refractivity contribution in [3.63, 3.8) is 0 Å². The van der Waals surface area contributed by atoms with Crippen molar-refractivity contribution in [1.82, 2.24) is 20.2 Å². The number of nitrogens with one attached hydrogen (secondary N) is 3. The summed E-state index contributed by atoms with van der Waals surface area (Å²) in [5.74, 6) is 1.97. The third kappa shape index (κ3) is 4.36. The second-order valence-corrected chi connectivity index (χ2v) is 8.39. The monoisotopic (exact) mass is 440 g/mol. The lowest BCUT2D eigenvalue weighted by atomic mass is 10.1. The summed E-state index contributed by atoms with van der Waals surface area (Å²) < 4.78 is 36.7. The fourth-order valence-electron chi connectivity index (χ4n) is 3.07. The van der Waals surface area contributed by atoms with Crippen LogP contribution in [0, 0.1) is 0 Å². The fraction of sp³-hybridized carbons (Fsp3) is 0.150. The van der Waals surface area contributed by atoms with Crippen molar-refractivity contribution in [2.45, 2.75) is 0 Å². The zero-order valence-electron chi connectivity index (χ0n) is 17.0. The first-order valence-electron chi connectivity index (χ1n) is 9.15. The van der Waals surface area contributed by atoms with E-state index >= 15 is 0 Å².